The summed E-state index contributed by atoms with van der Waals surface area (Å²) < 4.78 is 1.10. The van der Waals surface area contributed by atoms with Gasteiger partial charge in [-0.1, -0.05) is 15.9 Å². The standard InChI is InChI=1S/C16H14BrN3/c1-10-9-11(4-5-13(10)17)20-15-7-6-14-12(16(15)18)3-2-8-19-14/h2-9,20H,18H2,1H3. The maximum Gasteiger partial charge on any atom is 0.0724 e. The molecule has 1 heterocycles. The smallest absolute Gasteiger partial charge is 0.0724 e. The molecule has 0 radical (unpaired) electrons. The number of nitrogens with one attached hydrogen (secondary N) is 1. The molecule has 3 N–H and O–H groups in total. The molecule has 4 heteroatoms. The van der Waals surface area contributed by atoms with Crippen molar-refractivity contribution < 1.29 is 0 Å². The van der Waals surface area contributed by atoms with Crippen molar-refractivity contribution in [1.82, 2.24) is 4.98 Å². The third-order valence-electron chi connectivity index (χ3n) is 3.26. The van der Waals surface area contributed by atoms with E-state index in [1.165, 1.54) is 5.56 Å². The van der Waals surface area contributed by atoms with Crippen molar-refractivity contribution in [1.29, 1.82) is 0 Å². The van der Waals surface area contributed by atoms with E-state index < -0.39 is 0 Å². The Hall–Kier alpha value is -2.07. The lowest BCUT2D eigenvalue weighted by atomic mass is 10.1. The highest BCUT2D eigenvalue weighted by Gasteiger charge is 2.05. The molecular weight excluding hydrogens is 314 g/mol. The minimum atomic E-state index is 0.719. The van der Waals surface area contributed by atoms with Gasteiger partial charge in [-0.3, -0.25) is 4.98 Å². The van der Waals surface area contributed by atoms with Crippen LogP contribution in [-0.2, 0) is 0 Å². The lowest BCUT2D eigenvalue weighted by molar-refractivity contribution is 1.40. The number of anilines is 3. The van der Waals surface area contributed by atoms with E-state index in [0.29, 0.717) is 0 Å². The fourth-order valence-electron chi connectivity index (χ4n) is 2.16. The van der Waals surface area contributed by atoms with Gasteiger partial charge in [0.1, 0.15) is 0 Å². The molecule has 0 atom stereocenters. The van der Waals surface area contributed by atoms with Crippen LogP contribution in [0.2, 0.25) is 0 Å². The average Bonchev–Trinajstić information content (AvgIpc) is 2.46. The number of halogens is 1. The second-order valence-corrected chi connectivity index (χ2v) is 5.54. The van der Waals surface area contributed by atoms with Crippen LogP contribution in [0.3, 0.4) is 0 Å². The average molecular weight is 328 g/mol. The Balaban J connectivity index is 2.02. The molecule has 2 aromatic carbocycles. The lowest BCUT2D eigenvalue weighted by Gasteiger charge is -2.12. The number of hydrogen-bond acceptors (Lipinski definition) is 3. The van der Waals surface area contributed by atoms with Crippen LogP contribution >= 0.6 is 15.9 Å². The van der Waals surface area contributed by atoms with Gasteiger partial charge in [0.2, 0.25) is 0 Å². The van der Waals surface area contributed by atoms with Crippen molar-refractivity contribution in [3.8, 4) is 0 Å². The second kappa shape index (κ2) is 5.13. The van der Waals surface area contributed by atoms with E-state index in [9.17, 15) is 0 Å². The maximum atomic E-state index is 6.22. The molecule has 3 nitrogen and oxygen atoms in total. The minimum absolute atomic E-state index is 0.719. The van der Waals surface area contributed by atoms with Crippen LogP contribution in [0, 0.1) is 6.92 Å². The highest BCUT2D eigenvalue weighted by molar-refractivity contribution is 9.10. The summed E-state index contributed by atoms with van der Waals surface area (Å²) in [5.41, 5.74) is 10.9. The predicted octanol–water partition coefficient (Wildman–Crippen LogP) is 4.63. The summed E-state index contributed by atoms with van der Waals surface area (Å²) in [6.45, 7) is 2.06. The van der Waals surface area contributed by atoms with Gasteiger partial charge in [-0.05, 0) is 55.0 Å². The van der Waals surface area contributed by atoms with Crippen LogP contribution in [0.4, 0.5) is 17.1 Å². The highest BCUT2D eigenvalue weighted by atomic mass is 79.9. The summed E-state index contributed by atoms with van der Waals surface area (Å²) >= 11 is 3.50. The van der Waals surface area contributed by atoms with E-state index in [1.54, 1.807) is 6.20 Å². The van der Waals surface area contributed by atoms with E-state index in [4.69, 9.17) is 5.73 Å². The Morgan fingerprint density at radius 2 is 2.00 bits per heavy atom. The van der Waals surface area contributed by atoms with Crippen molar-refractivity contribution in [2.45, 2.75) is 6.92 Å². The van der Waals surface area contributed by atoms with Crippen LogP contribution in [-0.4, -0.2) is 4.98 Å². The predicted molar refractivity (Wildman–Crippen MR) is 88.3 cm³/mol. The first-order valence-electron chi connectivity index (χ1n) is 6.31. The quantitative estimate of drug-likeness (QED) is 0.674. The molecule has 0 bridgehead atoms. The van der Waals surface area contributed by atoms with Gasteiger partial charge in [-0.15, -0.1) is 0 Å². The number of nitrogen functional groups attached to an aromatic ring is 1. The molecule has 20 heavy (non-hydrogen) atoms. The molecule has 0 amide bonds. The van der Waals surface area contributed by atoms with Gasteiger partial charge < -0.3 is 11.1 Å². The van der Waals surface area contributed by atoms with E-state index in [0.717, 1.165) is 32.4 Å². The van der Waals surface area contributed by atoms with E-state index in [2.05, 4.69) is 39.2 Å². The summed E-state index contributed by atoms with van der Waals surface area (Å²) in [5, 5.41) is 4.32. The number of pyridine rings is 1. The van der Waals surface area contributed by atoms with E-state index >= 15 is 0 Å². The Kier molecular flexibility index (Phi) is 3.32. The van der Waals surface area contributed by atoms with Gasteiger partial charge in [0, 0.05) is 21.7 Å². The summed E-state index contributed by atoms with van der Waals surface area (Å²) in [7, 11) is 0. The number of nitrogens with zero attached hydrogens (tertiary/aromatic N) is 1. The number of hydrogen-bond donors (Lipinski definition) is 2. The Morgan fingerprint density at radius 3 is 2.80 bits per heavy atom. The number of aryl methyl sites for hydroxylation is 1. The molecule has 1 aromatic heterocycles. The third-order valence-corrected chi connectivity index (χ3v) is 4.15. The van der Waals surface area contributed by atoms with Gasteiger partial charge in [0.25, 0.3) is 0 Å². The van der Waals surface area contributed by atoms with Gasteiger partial charge >= 0.3 is 0 Å². The zero-order valence-electron chi connectivity index (χ0n) is 11.0. The SMILES string of the molecule is Cc1cc(Nc2ccc3ncccc3c2N)ccc1Br. The highest BCUT2D eigenvalue weighted by Crippen LogP contribution is 2.30. The first kappa shape index (κ1) is 12.9. The monoisotopic (exact) mass is 327 g/mol. The Morgan fingerprint density at radius 1 is 1.15 bits per heavy atom. The molecule has 0 saturated heterocycles. The minimum Gasteiger partial charge on any atom is -0.396 e. The van der Waals surface area contributed by atoms with Crippen molar-refractivity contribution in [3.63, 3.8) is 0 Å². The zero-order chi connectivity index (χ0) is 14.1. The molecule has 0 aliphatic carbocycles. The molecule has 0 saturated carbocycles. The van der Waals surface area contributed by atoms with Crippen LogP contribution < -0.4 is 11.1 Å². The van der Waals surface area contributed by atoms with Gasteiger partial charge in [0.15, 0.2) is 0 Å². The van der Waals surface area contributed by atoms with Crippen molar-refractivity contribution >= 4 is 43.9 Å². The number of rotatable bonds is 2. The molecule has 0 spiro atoms. The lowest BCUT2D eigenvalue weighted by Crippen LogP contribution is -1.98. The maximum absolute atomic E-state index is 6.22. The molecule has 100 valence electrons. The number of benzene rings is 2. The van der Waals surface area contributed by atoms with Gasteiger partial charge in [0.05, 0.1) is 16.9 Å². The van der Waals surface area contributed by atoms with Crippen LogP contribution in [0.15, 0.2) is 53.1 Å². The van der Waals surface area contributed by atoms with Crippen LogP contribution in [0.5, 0.6) is 0 Å². The molecule has 0 aliphatic rings. The molecule has 0 unspecified atom stereocenters. The first-order valence-corrected chi connectivity index (χ1v) is 7.11. The van der Waals surface area contributed by atoms with Crippen molar-refractivity contribution in [2.75, 3.05) is 11.1 Å². The number of fused-ring (bicyclic) bond motifs is 1. The number of nitrogens with two attached hydrogens (primary N) is 1. The van der Waals surface area contributed by atoms with E-state index in [1.807, 2.05) is 36.4 Å². The van der Waals surface area contributed by atoms with E-state index in [-0.39, 0.29) is 0 Å². The number of aromatic nitrogens is 1. The fourth-order valence-corrected chi connectivity index (χ4v) is 2.41. The first-order chi connectivity index (χ1) is 9.65. The van der Waals surface area contributed by atoms with Gasteiger partial charge in [-0.25, -0.2) is 0 Å². The van der Waals surface area contributed by atoms with Crippen LogP contribution in [0.25, 0.3) is 10.9 Å². The van der Waals surface area contributed by atoms with Gasteiger partial charge in [-0.2, -0.15) is 0 Å². The summed E-state index contributed by atoms with van der Waals surface area (Å²) in [5.74, 6) is 0. The fraction of sp³-hybridized carbons (Fsp3) is 0.0625. The van der Waals surface area contributed by atoms with Crippen molar-refractivity contribution in [2.24, 2.45) is 0 Å². The molecular formula is C16H14BrN3. The summed E-state index contributed by atoms with van der Waals surface area (Å²) in [6, 6.07) is 13.9. The molecule has 0 aliphatic heterocycles. The largest absolute Gasteiger partial charge is 0.396 e. The Labute approximate surface area is 126 Å². The third kappa shape index (κ3) is 2.34. The van der Waals surface area contributed by atoms with Crippen LogP contribution in [0.1, 0.15) is 5.56 Å². The summed E-state index contributed by atoms with van der Waals surface area (Å²) in [6.07, 6.45) is 1.77. The normalized spacial score (nSPS) is 10.7. The zero-order valence-corrected chi connectivity index (χ0v) is 12.6. The second-order valence-electron chi connectivity index (χ2n) is 4.69. The molecule has 0 fully saturated rings. The molecule has 3 aromatic rings. The topological polar surface area (TPSA) is 50.9 Å². The Bertz CT molecular complexity index is 784. The summed E-state index contributed by atoms with van der Waals surface area (Å²) in [4.78, 5) is 4.30. The van der Waals surface area contributed by atoms with Crippen molar-refractivity contribution in [3.05, 3.63) is 58.7 Å². The molecule has 3 rings (SSSR count).